The second-order valence-corrected chi connectivity index (χ2v) is 5.21. The molecule has 0 radical (unpaired) electrons. The van der Waals surface area contributed by atoms with Gasteiger partial charge >= 0.3 is 0 Å². The minimum absolute atomic E-state index is 0.191. The smallest absolute Gasteiger partial charge is 0.160 e. The molecule has 0 heterocycles. The molecule has 0 amide bonds. The average Bonchev–Trinajstić information content (AvgIpc) is 2.46. The van der Waals surface area contributed by atoms with Crippen molar-refractivity contribution in [2.75, 3.05) is 13.7 Å². The highest BCUT2D eigenvalue weighted by atomic mass is 16.5. The lowest BCUT2D eigenvalue weighted by molar-refractivity contribution is 0.371. The Bertz CT molecular complexity index is 442. The van der Waals surface area contributed by atoms with E-state index < -0.39 is 0 Å². The number of methoxy groups -OCH3 is 1. The number of rotatable bonds is 5. The van der Waals surface area contributed by atoms with Crippen molar-refractivity contribution in [1.82, 2.24) is 5.32 Å². The minimum Gasteiger partial charge on any atom is -0.504 e. The first-order valence-corrected chi connectivity index (χ1v) is 6.96. The summed E-state index contributed by atoms with van der Waals surface area (Å²) < 4.78 is 5.14. The maximum Gasteiger partial charge on any atom is 0.160 e. The fourth-order valence-corrected chi connectivity index (χ4v) is 2.47. The van der Waals surface area contributed by atoms with Crippen LogP contribution in [0.15, 0.2) is 30.4 Å². The van der Waals surface area contributed by atoms with Gasteiger partial charge < -0.3 is 15.2 Å². The summed E-state index contributed by atoms with van der Waals surface area (Å²) in [6.45, 7) is 3.18. The molecule has 2 unspecified atom stereocenters. The normalized spacial score (nSPS) is 20.2. The lowest BCUT2D eigenvalue weighted by Gasteiger charge is -2.22. The van der Waals surface area contributed by atoms with Crippen LogP contribution in [-0.4, -0.2) is 18.8 Å². The van der Waals surface area contributed by atoms with Crippen LogP contribution < -0.4 is 10.1 Å². The maximum absolute atomic E-state index is 9.60. The molecule has 0 aromatic heterocycles. The fourth-order valence-electron chi connectivity index (χ4n) is 2.47. The summed E-state index contributed by atoms with van der Waals surface area (Å²) >= 11 is 0. The van der Waals surface area contributed by atoms with Gasteiger partial charge in [0.05, 0.1) is 7.11 Å². The van der Waals surface area contributed by atoms with Crippen LogP contribution in [0.4, 0.5) is 0 Å². The third-order valence-corrected chi connectivity index (χ3v) is 3.79. The second kappa shape index (κ2) is 6.62. The van der Waals surface area contributed by atoms with Crippen molar-refractivity contribution in [3.63, 3.8) is 0 Å². The number of benzene rings is 1. The van der Waals surface area contributed by atoms with Crippen molar-refractivity contribution in [1.29, 1.82) is 0 Å². The van der Waals surface area contributed by atoms with Gasteiger partial charge in [-0.25, -0.2) is 0 Å². The molecule has 1 aromatic rings. The van der Waals surface area contributed by atoms with Crippen LogP contribution in [-0.2, 0) is 0 Å². The van der Waals surface area contributed by atoms with Crippen LogP contribution in [0, 0.1) is 5.92 Å². The zero-order valence-corrected chi connectivity index (χ0v) is 11.7. The number of hydrogen-bond acceptors (Lipinski definition) is 3. The van der Waals surface area contributed by atoms with Gasteiger partial charge in [-0.15, -0.1) is 0 Å². The Morgan fingerprint density at radius 1 is 1.42 bits per heavy atom. The standard InChI is InChI=1S/C16H23NO2/c1-12(17-11-13-6-4-3-5-7-13)14-8-9-15(18)16(10-14)19-2/h3-4,8-10,12-13,17-18H,5-7,11H2,1-2H3. The first kappa shape index (κ1) is 13.9. The first-order valence-electron chi connectivity index (χ1n) is 6.96. The number of allylic oxidation sites excluding steroid dienone is 2. The Morgan fingerprint density at radius 3 is 2.95 bits per heavy atom. The molecule has 1 aliphatic rings. The van der Waals surface area contributed by atoms with Crippen molar-refractivity contribution in [2.24, 2.45) is 5.92 Å². The van der Waals surface area contributed by atoms with Crippen LogP contribution >= 0.6 is 0 Å². The van der Waals surface area contributed by atoms with E-state index in [0.717, 1.165) is 18.0 Å². The monoisotopic (exact) mass is 261 g/mol. The molecule has 1 aliphatic carbocycles. The van der Waals surface area contributed by atoms with E-state index in [1.54, 1.807) is 13.2 Å². The third-order valence-electron chi connectivity index (χ3n) is 3.79. The van der Waals surface area contributed by atoms with Crippen LogP contribution in [0.2, 0.25) is 0 Å². The zero-order valence-electron chi connectivity index (χ0n) is 11.7. The van der Waals surface area contributed by atoms with Gasteiger partial charge in [0.15, 0.2) is 11.5 Å². The molecule has 0 fully saturated rings. The molecule has 0 aliphatic heterocycles. The molecule has 0 spiro atoms. The summed E-state index contributed by atoms with van der Waals surface area (Å²) in [7, 11) is 1.57. The summed E-state index contributed by atoms with van der Waals surface area (Å²) in [5, 5.41) is 13.2. The van der Waals surface area contributed by atoms with Gasteiger partial charge in [0.25, 0.3) is 0 Å². The number of nitrogens with one attached hydrogen (secondary N) is 1. The highest BCUT2D eigenvalue weighted by Crippen LogP contribution is 2.29. The molecule has 2 atom stereocenters. The van der Waals surface area contributed by atoms with E-state index in [0.29, 0.717) is 5.75 Å². The lowest BCUT2D eigenvalue weighted by Crippen LogP contribution is -2.26. The van der Waals surface area contributed by atoms with E-state index in [1.165, 1.54) is 19.3 Å². The molecule has 104 valence electrons. The topological polar surface area (TPSA) is 41.5 Å². The summed E-state index contributed by atoms with van der Waals surface area (Å²) in [6.07, 6.45) is 8.20. The van der Waals surface area contributed by atoms with E-state index in [4.69, 9.17) is 4.74 Å². The number of hydrogen-bond donors (Lipinski definition) is 2. The van der Waals surface area contributed by atoms with Crippen molar-refractivity contribution in [2.45, 2.75) is 32.2 Å². The summed E-state index contributed by atoms with van der Waals surface area (Å²) in [4.78, 5) is 0. The van der Waals surface area contributed by atoms with Gasteiger partial charge in [0, 0.05) is 6.04 Å². The third kappa shape index (κ3) is 3.74. The van der Waals surface area contributed by atoms with E-state index in [-0.39, 0.29) is 11.8 Å². The molecule has 2 rings (SSSR count). The van der Waals surface area contributed by atoms with E-state index in [9.17, 15) is 5.11 Å². The predicted molar refractivity (Wildman–Crippen MR) is 77.6 cm³/mol. The Labute approximate surface area is 115 Å². The second-order valence-electron chi connectivity index (χ2n) is 5.21. The number of aromatic hydroxyl groups is 1. The van der Waals surface area contributed by atoms with Gasteiger partial charge in [0.1, 0.15) is 0 Å². The van der Waals surface area contributed by atoms with Crippen molar-refractivity contribution < 1.29 is 9.84 Å². The van der Waals surface area contributed by atoms with Crippen molar-refractivity contribution in [3.05, 3.63) is 35.9 Å². The lowest BCUT2D eigenvalue weighted by atomic mass is 9.94. The van der Waals surface area contributed by atoms with Crippen LogP contribution in [0.1, 0.15) is 37.8 Å². The molecule has 0 bridgehead atoms. The summed E-state index contributed by atoms with van der Waals surface area (Å²) in [5.74, 6) is 1.47. The highest BCUT2D eigenvalue weighted by Gasteiger charge is 2.13. The van der Waals surface area contributed by atoms with Gasteiger partial charge in [-0.3, -0.25) is 0 Å². The molecular formula is C16H23NO2. The van der Waals surface area contributed by atoms with Crippen LogP contribution in [0.3, 0.4) is 0 Å². The molecule has 0 saturated carbocycles. The molecule has 3 nitrogen and oxygen atoms in total. The van der Waals surface area contributed by atoms with Gasteiger partial charge in [0.2, 0.25) is 0 Å². The minimum atomic E-state index is 0.191. The van der Waals surface area contributed by atoms with Crippen LogP contribution in [0.5, 0.6) is 11.5 Å². The number of phenols is 1. The molecule has 0 saturated heterocycles. The van der Waals surface area contributed by atoms with Gasteiger partial charge in [-0.05, 0) is 56.3 Å². The highest BCUT2D eigenvalue weighted by molar-refractivity contribution is 5.42. The van der Waals surface area contributed by atoms with Crippen molar-refractivity contribution >= 4 is 0 Å². The van der Waals surface area contributed by atoms with Gasteiger partial charge in [-0.1, -0.05) is 18.2 Å². The molecule has 1 aromatic carbocycles. The Morgan fingerprint density at radius 2 is 2.26 bits per heavy atom. The number of ether oxygens (including phenoxy) is 1. The molecular weight excluding hydrogens is 238 g/mol. The molecule has 19 heavy (non-hydrogen) atoms. The Balaban J connectivity index is 1.91. The van der Waals surface area contributed by atoms with Gasteiger partial charge in [-0.2, -0.15) is 0 Å². The quantitative estimate of drug-likeness (QED) is 0.798. The predicted octanol–water partition coefficient (Wildman–Crippen LogP) is 3.41. The van der Waals surface area contributed by atoms with Crippen LogP contribution in [0.25, 0.3) is 0 Å². The maximum atomic E-state index is 9.60. The SMILES string of the molecule is COc1cc(C(C)NCC2CC=CCC2)ccc1O. The average molecular weight is 261 g/mol. The first-order chi connectivity index (χ1) is 9.20. The van der Waals surface area contributed by atoms with E-state index in [1.807, 2.05) is 12.1 Å². The Kier molecular flexibility index (Phi) is 4.86. The summed E-state index contributed by atoms with van der Waals surface area (Å²) in [6, 6.07) is 5.79. The molecule has 2 N–H and O–H groups in total. The Hall–Kier alpha value is -1.48. The largest absolute Gasteiger partial charge is 0.504 e. The van der Waals surface area contributed by atoms with E-state index >= 15 is 0 Å². The van der Waals surface area contributed by atoms with E-state index in [2.05, 4.69) is 24.4 Å². The fraction of sp³-hybridized carbons (Fsp3) is 0.500. The summed E-state index contributed by atoms with van der Waals surface area (Å²) in [5.41, 5.74) is 1.14. The molecule has 3 heteroatoms. The number of phenolic OH excluding ortho intramolecular Hbond substituents is 1. The zero-order chi connectivity index (χ0) is 13.7. The van der Waals surface area contributed by atoms with Crippen molar-refractivity contribution in [3.8, 4) is 11.5 Å².